The number of nitrogens with one attached hydrogen (secondary N) is 1. The van der Waals surface area contributed by atoms with Crippen LogP contribution in [0.5, 0.6) is 5.75 Å². The van der Waals surface area contributed by atoms with Crippen LogP contribution in [0, 0.1) is 0 Å². The Morgan fingerprint density at radius 2 is 1.71 bits per heavy atom. The van der Waals surface area contributed by atoms with Gasteiger partial charge in [0.25, 0.3) is 11.8 Å². The van der Waals surface area contributed by atoms with Crippen LogP contribution < -0.4 is 10.1 Å². The third kappa shape index (κ3) is 6.55. The summed E-state index contributed by atoms with van der Waals surface area (Å²) in [5.74, 6) is -0.569. The van der Waals surface area contributed by atoms with Crippen molar-refractivity contribution in [1.29, 1.82) is 0 Å². The molecule has 0 aromatic heterocycles. The predicted octanol–water partition coefficient (Wildman–Crippen LogP) is 2.74. The molecule has 0 bridgehead atoms. The van der Waals surface area contributed by atoms with Crippen LogP contribution >= 0.6 is 0 Å². The number of hydrogen-bond acceptors (Lipinski definition) is 6. The maximum absolute atomic E-state index is 12.2. The highest BCUT2D eigenvalue weighted by Crippen LogP contribution is 2.17. The molecule has 31 heavy (non-hydrogen) atoms. The largest absolute Gasteiger partial charge is 0.491 e. The average Bonchev–Trinajstić information content (AvgIpc) is 3.30. The van der Waals surface area contributed by atoms with Crippen molar-refractivity contribution >= 4 is 23.5 Å². The molecule has 1 fully saturated rings. The van der Waals surface area contributed by atoms with E-state index in [0.29, 0.717) is 29.2 Å². The van der Waals surface area contributed by atoms with Crippen LogP contribution in [0.15, 0.2) is 48.5 Å². The molecule has 1 atom stereocenters. The van der Waals surface area contributed by atoms with Crippen molar-refractivity contribution in [2.24, 2.45) is 0 Å². The van der Waals surface area contributed by atoms with Gasteiger partial charge in [-0.15, -0.1) is 0 Å². The maximum Gasteiger partial charge on any atom is 0.338 e. The van der Waals surface area contributed by atoms with E-state index in [1.165, 1.54) is 4.90 Å². The molecule has 8 heteroatoms. The van der Waals surface area contributed by atoms with Crippen LogP contribution in [0.3, 0.4) is 0 Å². The lowest BCUT2D eigenvalue weighted by Gasteiger charge is -2.12. The number of esters is 1. The molecule has 1 heterocycles. The fourth-order valence-electron chi connectivity index (χ4n) is 3.02. The van der Waals surface area contributed by atoms with Crippen molar-refractivity contribution in [3.63, 3.8) is 0 Å². The molecule has 2 aromatic rings. The standard InChI is InChI=1S/C23H26N2O6/c1-25(2)22(27)16-5-9-18(10-6-16)24-21(26)15-31-23(28)17-7-11-19(12-8-17)30-14-20-4-3-13-29-20/h5-12,20H,3-4,13-15H2,1-2H3,(H,24,26). The maximum atomic E-state index is 12.2. The fourth-order valence-corrected chi connectivity index (χ4v) is 3.02. The van der Waals surface area contributed by atoms with Crippen LogP contribution in [0.25, 0.3) is 0 Å². The Bertz CT molecular complexity index is 903. The molecule has 0 radical (unpaired) electrons. The zero-order valence-corrected chi connectivity index (χ0v) is 17.6. The van der Waals surface area contributed by atoms with Gasteiger partial charge in [0.15, 0.2) is 6.61 Å². The Morgan fingerprint density at radius 1 is 1.03 bits per heavy atom. The van der Waals surface area contributed by atoms with Crippen LogP contribution in [-0.4, -0.2) is 62.7 Å². The number of ether oxygens (including phenoxy) is 3. The van der Waals surface area contributed by atoms with Crippen LogP contribution in [0.2, 0.25) is 0 Å². The summed E-state index contributed by atoms with van der Waals surface area (Å²) < 4.78 is 16.2. The van der Waals surface area contributed by atoms with Crippen LogP contribution in [0.4, 0.5) is 5.69 Å². The van der Waals surface area contributed by atoms with Gasteiger partial charge in [0, 0.05) is 32.0 Å². The van der Waals surface area contributed by atoms with Gasteiger partial charge in [-0.1, -0.05) is 0 Å². The van der Waals surface area contributed by atoms with Crippen molar-refractivity contribution in [1.82, 2.24) is 4.90 Å². The van der Waals surface area contributed by atoms with Crippen molar-refractivity contribution in [2.75, 3.05) is 39.2 Å². The molecule has 164 valence electrons. The summed E-state index contributed by atoms with van der Waals surface area (Å²) in [7, 11) is 3.33. The van der Waals surface area contributed by atoms with E-state index in [1.54, 1.807) is 62.6 Å². The molecule has 8 nitrogen and oxygen atoms in total. The number of carbonyl (C=O) groups is 3. The predicted molar refractivity (Wildman–Crippen MR) is 114 cm³/mol. The van der Waals surface area contributed by atoms with E-state index in [0.717, 1.165) is 19.4 Å². The molecule has 2 amide bonds. The summed E-state index contributed by atoms with van der Waals surface area (Å²) in [6, 6.07) is 13.0. The van der Waals surface area contributed by atoms with E-state index in [1.807, 2.05) is 0 Å². The minimum absolute atomic E-state index is 0.118. The summed E-state index contributed by atoms with van der Waals surface area (Å²) in [6.45, 7) is 0.830. The summed E-state index contributed by atoms with van der Waals surface area (Å²) in [5.41, 5.74) is 1.34. The first-order chi connectivity index (χ1) is 14.9. The quantitative estimate of drug-likeness (QED) is 0.653. The van der Waals surface area contributed by atoms with E-state index in [4.69, 9.17) is 14.2 Å². The number of carbonyl (C=O) groups excluding carboxylic acids is 3. The zero-order valence-electron chi connectivity index (χ0n) is 17.6. The SMILES string of the molecule is CN(C)C(=O)c1ccc(NC(=O)COC(=O)c2ccc(OCC3CCCO3)cc2)cc1. The average molecular weight is 426 g/mol. The van der Waals surface area contributed by atoms with Gasteiger partial charge in [0.05, 0.1) is 11.7 Å². The lowest BCUT2D eigenvalue weighted by molar-refractivity contribution is -0.119. The van der Waals surface area contributed by atoms with Gasteiger partial charge in [-0.2, -0.15) is 0 Å². The number of nitrogens with zero attached hydrogens (tertiary/aromatic N) is 1. The number of anilines is 1. The fraction of sp³-hybridized carbons (Fsp3) is 0.348. The molecule has 2 aromatic carbocycles. The third-order valence-corrected chi connectivity index (χ3v) is 4.71. The molecule has 1 aliphatic heterocycles. The normalized spacial score (nSPS) is 15.2. The van der Waals surface area contributed by atoms with Crippen molar-refractivity contribution < 1.29 is 28.6 Å². The highest BCUT2D eigenvalue weighted by atomic mass is 16.5. The topological polar surface area (TPSA) is 94.2 Å². The second-order valence-corrected chi connectivity index (χ2v) is 7.37. The Labute approximate surface area is 181 Å². The molecule has 0 saturated carbocycles. The highest BCUT2D eigenvalue weighted by Gasteiger charge is 2.16. The molecule has 1 aliphatic rings. The zero-order chi connectivity index (χ0) is 22.2. The Hall–Kier alpha value is -3.39. The number of rotatable bonds is 8. The molecular weight excluding hydrogens is 400 g/mol. The second-order valence-electron chi connectivity index (χ2n) is 7.37. The van der Waals surface area contributed by atoms with Gasteiger partial charge < -0.3 is 24.4 Å². The van der Waals surface area contributed by atoms with Gasteiger partial charge in [0.1, 0.15) is 12.4 Å². The molecule has 0 spiro atoms. The minimum Gasteiger partial charge on any atom is -0.491 e. The number of hydrogen-bond donors (Lipinski definition) is 1. The molecule has 0 aliphatic carbocycles. The molecular formula is C23H26N2O6. The first-order valence-corrected chi connectivity index (χ1v) is 10.1. The first kappa shape index (κ1) is 22.3. The van der Waals surface area contributed by atoms with Crippen LogP contribution in [-0.2, 0) is 14.3 Å². The van der Waals surface area contributed by atoms with Gasteiger partial charge >= 0.3 is 5.97 Å². The van der Waals surface area contributed by atoms with E-state index < -0.39 is 18.5 Å². The van der Waals surface area contributed by atoms with E-state index in [-0.39, 0.29) is 12.0 Å². The lowest BCUT2D eigenvalue weighted by atomic mass is 10.2. The third-order valence-electron chi connectivity index (χ3n) is 4.71. The molecule has 1 N–H and O–H groups in total. The molecule has 3 rings (SSSR count). The van der Waals surface area contributed by atoms with Crippen LogP contribution in [0.1, 0.15) is 33.6 Å². The Morgan fingerprint density at radius 3 is 2.32 bits per heavy atom. The molecule has 1 unspecified atom stereocenters. The highest BCUT2D eigenvalue weighted by molar-refractivity contribution is 5.97. The van der Waals surface area contributed by atoms with Gasteiger partial charge in [-0.05, 0) is 61.4 Å². The van der Waals surface area contributed by atoms with Gasteiger partial charge in [0.2, 0.25) is 0 Å². The summed E-state index contributed by atoms with van der Waals surface area (Å²) >= 11 is 0. The van der Waals surface area contributed by atoms with Crippen molar-refractivity contribution in [3.8, 4) is 5.75 Å². The smallest absolute Gasteiger partial charge is 0.338 e. The minimum atomic E-state index is -0.604. The Balaban J connectivity index is 1.43. The Kier molecular flexibility index (Phi) is 7.61. The van der Waals surface area contributed by atoms with Gasteiger partial charge in [-0.25, -0.2) is 4.79 Å². The summed E-state index contributed by atoms with van der Waals surface area (Å²) in [4.78, 5) is 37.5. The summed E-state index contributed by atoms with van der Waals surface area (Å²) in [5, 5.41) is 2.62. The van der Waals surface area contributed by atoms with E-state index in [9.17, 15) is 14.4 Å². The molecule has 1 saturated heterocycles. The van der Waals surface area contributed by atoms with Gasteiger partial charge in [-0.3, -0.25) is 9.59 Å². The van der Waals surface area contributed by atoms with Crippen molar-refractivity contribution in [2.45, 2.75) is 18.9 Å². The first-order valence-electron chi connectivity index (χ1n) is 10.1. The number of benzene rings is 2. The lowest BCUT2D eigenvalue weighted by Crippen LogP contribution is -2.22. The van der Waals surface area contributed by atoms with Crippen molar-refractivity contribution in [3.05, 3.63) is 59.7 Å². The second kappa shape index (κ2) is 10.6. The summed E-state index contributed by atoms with van der Waals surface area (Å²) in [6.07, 6.45) is 2.16. The van der Waals surface area contributed by atoms with E-state index >= 15 is 0 Å². The number of amides is 2. The monoisotopic (exact) mass is 426 g/mol. The van der Waals surface area contributed by atoms with E-state index in [2.05, 4.69) is 5.32 Å².